The smallest absolute Gasteiger partial charge is 0.159 e. The molecule has 2 aromatic heterocycles. The summed E-state index contributed by atoms with van der Waals surface area (Å²) in [6, 6.07) is 0. The predicted octanol–water partition coefficient (Wildman–Crippen LogP) is 5.92. The molecule has 0 spiro atoms. The van der Waals surface area contributed by atoms with Gasteiger partial charge in [0.1, 0.15) is 10.8 Å². The van der Waals surface area contributed by atoms with Gasteiger partial charge >= 0.3 is 0 Å². The molecule has 26 heavy (non-hydrogen) atoms. The van der Waals surface area contributed by atoms with Crippen LogP contribution in [0.1, 0.15) is 62.8 Å². The number of alkyl halides is 1. The number of hydrogen-bond donors (Lipinski definition) is 0. The van der Waals surface area contributed by atoms with Gasteiger partial charge in [-0.2, -0.15) is 0 Å². The van der Waals surface area contributed by atoms with Crippen LogP contribution in [0.3, 0.4) is 0 Å². The van der Waals surface area contributed by atoms with Gasteiger partial charge < -0.3 is 0 Å². The number of aliphatic imine (C=N–C) groups is 1. The van der Waals surface area contributed by atoms with Gasteiger partial charge in [-0.15, -0.1) is 33.1 Å². The van der Waals surface area contributed by atoms with Crippen LogP contribution < -0.4 is 0 Å². The summed E-state index contributed by atoms with van der Waals surface area (Å²) in [5.74, 6) is 2.85. The number of aromatic nitrogens is 3. The summed E-state index contributed by atoms with van der Waals surface area (Å²) in [6.07, 6.45) is 3.34. The second-order valence-electron chi connectivity index (χ2n) is 7.22. The predicted molar refractivity (Wildman–Crippen MR) is 119 cm³/mol. The van der Waals surface area contributed by atoms with E-state index >= 15 is 0 Å². The lowest BCUT2D eigenvalue weighted by Crippen LogP contribution is -2.19. The Hall–Kier alpha value is -0.470. The van der Waals surface area contributed by atoms with Gasteiger partial charge in [-0.3, -0.25) is 9.56 Å². The van der Waals surface area contributed by atoms with E-state index in [4.69, 9.17) is 16.6 Å². The Kier molecular flexibility index (Phi) is 6.45. The fourth-order valence-electron chi connectivity index (χ4n) is 3.50. The van der Waals surface area contributed by atoms with Crippen molar-refractivity contribution in [1.29, 1.82) is 0 Å². The van der Waals surface area contributed by atoms with E-state index < -0.39 is 0 Å². The molecule has 0 fully saturated rings. The molecule has 3 atom stereocenters. The molecule has 2 aromatic rings. The Morgan fingerprint density at radius 2 is 1.96 bits per heavy atom. The molecule has 0 radical (unpaired) electrons. The molecule has 1 aliphatic rings. The van der Waals surface area contributed by atoms with Crippen molar-refractivity contribution in [2.75, 3.05) is 0 Å². The largest absolute Gasteiger partial charge is 0.281 e. The van der Waals surface area contributed by atoms with Crippen molar-refractivity contribution in [3.05, 3.63) is 25.7 Å². The maximum absolute atomic E-state index is 6.29. The quantitative estimate of drug-likeness (QED) is 0.362. The molecule has 3 heterocycles. The van der Waals surface area contributed by atoms with E-state index in [1.807, 2.05) is 18.3 Å². The standard InChI is InChI=1S/C19H26ClIN4S/c1-6-14(8-7-10(2)12(4)20)17-16-11(3)18(21)26-19(16)25-13(5)23-24-15(25)9-22-17/h10,12,14H,6-9H2,1-5H3. The molecule has 0 aromatic carbocycles. The highest BCUT2D eigenvalue weighted by Gasteiger charge is 2.29. The molecule has 142 valence electrons. The van der Waals surface area contributed by atoms with Gasteiger partial charge in [-0.1, -0.05) is 13.8 Å². The van der Waals surface area contributed by atoms with E-state index in [-0.39, 0.29) is 5.38 Å². The first kappa shape index (κ1) is 20.3. The first-order valence-corrected chi connectivity index (χ1v) is 11.6. The molecule has 7 heteroatoms. The molecule has 4 nitrogen and oxygen atoms in total. The van der Waals surface area contributed by atoms with E-state index in [0.717, 1.165) is 30.9 Å². The van der Waals surface area contributed by atoms with Crippen LogP contribution in [-0.2, 0) is 6.54 Å². The van der Waals surface area contributed by atoms with E-state index in [1.54, 1.807) is 0 Å². The molecule has 0 amide bonds. The Morgan fingerprint density at radius 3 is 2.62 bits per heavy atom. The van der Waals surface area contributed by atoms with E-state index in [0.29, 0.717) is 18.4 Å². The van der Waals surface area contributed by atoms with E-state index in [2.05, 4.69) is 65.1 Å². The molecule has 3 unspecified atom stereocenters. The summed E-state index contributed by atoms with van der Waals surface area (Å²) in [7, 11) is 0. The highest BCUT2D eigenvalue weighted by molar-refractivity contribution is 14.1. The summed E-state index contributed by atoms with van der Waals surface area (Å²) in [5, 5.41) is 10.1. The van der Waals surface area contributed by atoms with Gasteiger partial charge in [0.2, 0.25) is 0 Å². The van der Waals surface area contributed by atoms with Crippen LogP contribution in [0.15, 0.2) is 4.99 Å². The summed E-state index contributed by atoms with van der Waals surface area (Å²) in [6.45, 7) is 11.4. The number of halogens is 2. The average molecular weight is 505 g/mol. The molecular weight excluding hydrogens is 479 g/mol. The van der Waals surface area contributed by atoms with Gasteiger partial charge in [-0.25, -0.2) is 0 Å². The minimum Gasteiger partial charge on any atom is -0.281 e. The monoisotopic (exact) mass is 504 g/mol. The van der Waals surface area contributed by atoms with E-state index in [9.17, 15) is 0 Å². The van der Waals surface area contributed by atoms with Crippen LogP contribution in [0.2, 0.25) is 0 Å². The summed E-state index contributed by atoms with van der Waals surface area (Å²) in [5.41, 5.74) is 3.89. The number of rotatable bonds is 6. The maximum atomic E-state index is 6.29. The molecular formula is C19H26ClIN4S. The second-order valence-corrected chi connectivity index (χ2v) is 10.7. The molecule has 1 aliphatic heterocycles. The zero-order chi connectivity index (χ0) is 19.0. The Balaban J connectivity index is 2.01. The van der Waals surface area contributed by atoms with Crippen LogP contribution in [-0.4, -0.2) is 25.9 Å². The van der Waals surface area contributed by atoms with Crippen molar-refractivity contribution in [3.63, 3.8) is 0 Å². The molecule has 0 bridgehead atoms. The van der Waals surface area contributed by atoms with Crippen molar-refractivity contribution in [3.8, 4) is 5.00 Å². The highest BCUT2D eigenvalue weighted by atomic mass is 127. The van der Waals surface area contributed by atoms with Crippen LogP contribution in [0.4, 0.5) is 0 Å². The first-order valence-electron chi connectivity index (χ1n) is 9.24. The van der Waals surface area contributed by atoms with Crippen molar-refractivity contribution in [2.24, 2.45) is 16.8 Å². The van der Waals surface area contributed by atoms with Gasteiger partial charge in [0.05, 0.1) is 9.43 Å². The number of thiophene rings is 1. The number of hydrogen-bond acceptors (Lipinski definition) is 4. The number of fused-ring (bicyclic) bond motifs is 3. The lowest BCUT2D eigenvalue weighted by atomic mass is 9.86. The first-order chi connectivity index (χ1) is 12.3. The third-order valence-corrected chi connectivity index (χ3v) is 8.41. The third kappa shape index (κ3) is 3.74. The SMILES string of the molecule is CCC(CCC(C)C(C)Cl)C1=NCc2nnc(C)n2-c2sc(I)c(C)c21. The maximum Gasteiger partial charge on any atom is 0.159 e. The highest BCUT2D eigenvalue weighted by Crippen LogP contribution is 2.38. The zero-order valence-electron chi connectivity index (χ0n) is 16.0. The average Bonchev–Trinajstić information content (AvgIpc) is 3.04. The van der Waals surface area contributed by atoms with Crippen LogP contribution in [0.25, 0.3) is 5.00 Å². The van der Waals surface area contributed by atoms with Crippen molar-refractivity contribution in [1.82, 2.24) is 14.8 Å². The van der Waals surface area contributed by atoms with Crippen LogP contribution in [0.5, 0.6) is 0 Å². The van der Waals surface area contributed by atoms with Crippen LogP contribution in [0, 0.1) is 28.6 Å². The van der Waals surface area contributed by atoms with Crippen molar-refractivity contribution < 1.29 is 0 Å². The Bertz CT molecular complexity index is 824. The summed E-state index contributed by atoms with van der Waals surface area (Å²) < 4.78 is 3.51. The fraction of sp³-hybridized carbons (Fsp3) is 0.632. The minimum absolute atomic E-state index is 0.210. The van der Waals surface area contributed by atoms with Gasteiger partial charge in [0.25, 0.3) is 0 Å². The minimum atomic E-state index is 0.210. The second kappa shape index (κ2) is 8.27. The normalized spacial score (nSPS) is 17.1. The Labute approximate surface area is 178 Å². The lowest BCUT2D eigenvalue weighted by Gasteiger charge is -2.21. The zero-order valence-corrected chi connectivity index (χ0v) is 19.7. The van der Waals surface area contributed by atoms with Crippen LogP contribution >= 0.6 is 45.5 Å². The van der Waals surface area contributed by atoms with Crippen molar-refractivity contribution >= 4 is 51.2 Å². The van der Waals surface area contributed by atoms with Gasteiger partial charge in [-0.05, 0) is 74.1 Å². The summed E-state index contributed by atoms with van der Waals surface area (Å²) >= 11 is 10.6. The molecule has 0 saturated carbocycles. The molecule has 0 aliphatic carbocycles. The van der Waals surface area contributed by atoms with E-state index in [1.165, 1.54) is 24.7 Å². The molecule has 0 saturated heterocycles. The van der Waals surface area contributed by atoms with Crippen molar-refractivity contribution in [2.45, 2.75) is 65.8 Å². The molecule has 0 N–H and O–H groups in total. The third-order valence-electron chi connectivity index (χ3n) is 5.45. The number of aryl methyl sites for hydroxylation is 1. The molecule has 3 rings (SSSR count). The Morgan fingerprint density at radius 1 is 1.23 bits per heavy atom. The lowest BCUT2D eigenvalue weighted by molar-refractivity contribution is 0.456. The number of nitrogens with zero attached hydrogens (tertiary/aromatic N) is 4. The topological polar surface area (TPSA) is 43.1 Å². The van der Waals surface area contributed by atoms with Gasteiger partial charge in [0.15, 0.2) is 5.82 Å². The fourth-order valence-corrected chi connectivity index (χ4v) is 5.63. The summed E-state index contributed by atoms with van der Waals surface area (Å²) in [4.78, 5) is 5.05. The van der Waals surface area contributed by atoms with Gasteiger partial charge in [0, 0.05) is 22.6 Å².